The maximum absolute atomic E-state index is 12.3. The van der Waals surface area contributed by atoms with Crippen molar-refractivity contribution >= 4 is 0 Å². The fraction of sp³-hybridized carbons (Fsp3) is 1.00. The van der Waals surface area contributed by atoms with Crippen LogP contribution in [0.3, 0.4) is 0 Å². The van der Waals surface area contributed by atoms with Gasteiger partial charge in [-0.2, -0.15) is 0 Å². The first-order valence-corrected chi connectivity index (χ1v) is 20.9. The maximum atomic E-state index is 12.3. The van der Waals surface area contributed by atoms with Gasteiger partial charge in [0.2, 0.25) is 0 Å². The molecule has 0 radical (unpaired) electrons. The second-order valence-corrected chi connectivity index (χ2v) is 20.6. The molecule has 3 aliphatic heterocycles. The Bertz CT molecular complexity index is 1380. The van der Waals surface area contributed by atoms with Crippen LogP contribution in [0.15, 0.2) is 0 Å². The quantitative estimate of drug-likeness (QED) is 0.164. The Morgan fingerprint density at radius 3 is 1.98 bits per heavy atom. The fourth-order valence-corrected chi connectivity index (χ4v) is 13.6. The van der Waals surface area contributed by atoms with E-state index in [0.717, 1.165) is 25.7 Å². The molecule has 0 aromatic heterocycles. The van der Waals surface area contributed by atoms with Gasteiger partial charge in [0.1, 0.15) is 42.7 Å². The SMILES string of the molecule is C[C@H]1O[C@@H](O[C@@H]2[C@@H](O[C@@H]3C[C@@H]4[C@@H](C[C@@H](O)[C@@H]5[C@@H]([C@]6(C)CC[C@H](C(C)(C)O)O6)CC[C@@]54C)[C@@]4(C)CC[C@H](O)C(C)(C)[C@@H]34)O[C@@H](CO)[C@H](O)[C@H]2O)[C@H](O)[C@@H](O)[C@H]1O. The lowest BCUT2D eigenvalue weighted by Crippen LogP contribution is -2.68. The Balaban J connectivity index is 1.23. The first kappa shape index (κ1) is 42.6. The molecule has 14 heteroatoms. The monoisotopic (exact) mass is 786 g/mol. The molecule has 55 heavy (non-hydrogen) atoms. The third-order valence-corrected chi connectivity index (χ3v) is 16.6. The third kappa shape index (κ3) is 6.78. The summed E-state index contributed by atoms with van der Waals surface area (Å²) in [5.41, 5.74) is -2.81. The number of aliphatic hydroxyl groups excluding tert-OH is 8. The molecule has 0 unspecified atom stereocenters. The minimum absolute atomic E-state index is 0.0613. The highest BCUT2D eigenvalue weighted by molar-refractivity contribution is 5.18. The Hall–Kier alpha value is -0.560. The molecular formula is C41H70O14. The number of aliphatic hydroxyl groups is 9. The fourth-order valence-electron chi connectivity index (χ4n) is 13.6. The van der Waals surface area contributed by atoms with Crippen LogP contribution < -0.4 is 0 Å². The molecule has 318 valence electrons. The second kappa shape index (κ2) is 14.6. The molecule has 9 N–H and O–H groups in total. The summed E-state index contributed by atoms with van der Waals surface area (Å²) in [7, 11) is 0. The largest absolute Gasteiger partial charge is 0.394 e. The standard InChI is InChI=1S/C41H70O14/c1-18-28(45)30(47)32(49)35(51-18)54-33-31(48)29(46)24(17-42)53-36(33)52-23-16-21-20(40(7)13-10-25(44)37(2,3)34(23)40)15-22(43)27-19(9-12-39(21,27)6)41(8)14-11-26(55-41)38(4,5)50/h18-36,42-50H,9-17H2,1-8H3/t18-,19+,20-,21-,22-,23-,24+,25+,26-,27+,28+,29+,30+,31-,32-,33+,34-,35+,36+,39-,40-,41+/m1/s1. The van der Waals surface area contributed by atoms with E-state index in [0.29, 0.717) is 25.7 Å². The van der Waals surface area contributed by atoms with Gasteiger partial charge in [-0.25, -0.2) is 0 Å². The Labute approximate surface area is 325 Å². The molecule has 7 rings (SSSR count). The summed E-state index contributed by atoms with van der Waals surface area (Å²) in [6.45, 7) is 15.3. The number of fused-ring (bicyclic) bond motifs is 5. The zero-order valence-corrected chi connectivity index (χ0v) is 33.9. The van der Waals surface area contributed by atoms with Crippen molar-refractivity contribution in [3.63, 3.8) is 0 Å². The van der Waals surface area contributed by atoms with E-state index in [1.54, 1.807) is 13.8 Å². The lowest BCUT2D eigenvalue weighted by molar-refractivity contribution is -0.379. The molecule has 14 nitrogen and oxygen atoms in total. The van der Waals surface area contributed by atoms with Gasteiger partial charge in [-0.05, 0) is 125 Å². The average molecular weight is 787 g/mol. The number of ether oxygens (including phenoxy) is 5. The van der Waals surface area contributed by atoms with Crippen LogP contribution in [0.4, 0.5) is 0 Å². The normalized spacial score (nSPS) is 56.8. The van der Waals surface area contributed by atoms with Crippen molar-refractivity contribution in [1.29, 1.82) is 0 Å². The van der Waals surface area contributed by atoms with Crippen molar-refractivity contribution in [2.75, 3.05) is 6.61 Å². The zero-order valence-electron chi connectivity index (χ0n) is 33.9. The van der Waals surface area contributed by atoms with Crippen molar-refractivity contribution < 1.29 is 69.6 Å². The van der Waals surface area contributed by atoms with Crippen LogP contribution in [0.2, 0.25) is 0 Å². The van der Waals surface area contributed by atoms with Crippen LogP contribution in [-0.2, 0) is 23.7 Å². The van der Waals surface area contributed by atoms with Gasteiger partial charge in [0, 0.05) is 0 Å². The molecule has 0 aromatic rings. The smallest absolute Gasteiger partial charge is 0.187 e. The molecule has 0 spiro atoms. The molecule has 0 bridgehead atoms. The predicted octanol–water partition coefficient (Wildman–Crippen LogP) is 0.969. The zero-order chi connectivity index (χ0) is 40.4. The van der Waals surface area contributed by atoms with Crippen LogP contribution in [0, 0.1) is 45.8 Å². The van der Waals surface area contributed by atoms with Gasteiger partial charge in [0.05, 0.1) is 48.3 Å². The van der Waals surface area contributed by atoms with Crippen molar-refractivity contribution in [1.82, 2.24) is 0 Å². The lowest BCUT2D eigenvalue weighted by atomic mass is 9.39. The van der Waals surface area contributed by atoms with Crippen molar-refractivity contribution in [3.05, 3.63) is 0 Å². The highest BCUT2D eigenvalue weighted by Crippen LogP contribution is 2.72. The Morgan fingerprint density at radius 1 is 0.691 bits per heavy atom. The van der Waals surface area contributed by atoms with Crippen LogP contribution >= 0.6 is 0 Å². The van der Waals surface area contributed by atoms with Gasteiger partial charge < -0.3 is 69.6 Å². The summed E-state index contributed by atoms with van der Waals surface area (Å²) in [6, 6.07) is 0. The number of hydrogen-bond acceptors (Lipinski definition) is 14. The van der Waals surface area contributed by atoms with E-state index in [1.165, 1.54) is 6.92 Å². The van der Waals surface area contributed by atoms with Gasteiger partial charge >= 0.3 is 0 Å². The van der Waals surface area contributed by atoms with Crippen LogP contribution in [-0.4, -0.2) is 150 Å². The molecular weight excluding hydrogens is 716 g/mol. The van der Waals surface area contributed by atoms with Gasteiger partial charge in [-0.3, -0.25) is 0 Å². The molecule has 0 aromatic carbocycles. The summed E-state index contributed by atoms with van der Waals surface area (Å²) >= 11 is 0. The van der Waals surface area contributed by atoms with E-state index in [-0.39, 0.29) is 46.5 Å². The predicted molar refractivity (Wildman–Crippen MR) is 196 cm³/mol. The molecule has 3 saturated heterocycles. The topological polar surface area (TPSA) is 228 Å². The lowest BCUT2D eigenvalue weighted by Gasteiger charge is -2.68. The number of rotatable bonds is 7. The highest BCUT2D eigenvalue weighted by atomic mass is 16.8. The molecule has 4 aliphatic carbocycles. The van der Waals surface area contributed by atoms with E-state index in [1.807, 2.05) is 13.8 Å². The minimum Gasteiger partial charge on any atom is -0.394 e. The van der Waals surface area contributed by atoms with E-state index in [9.17, 15) is 46.0 Å². The molecule has 22 atom stereocenters. The van der Waals surface area contributed by atoms with Crippen molar-refractivity contribution in [2.24, 2.45) is 45.8 Å². The summed E-state index contributed by atoms with van der Waals surface area (Å²) < 4.78 is 31.8. The van der Waals surface area contributed by atoms with Crippen molar-refractivity contribution in [2.45, 2.75) is 204 Å². The summed E-state index contributed by atoms with van der Waals surface area (Å²) in [5.74, 6) is -0.0280. The maximum Gasteiger partial charge on any atom is 0.187 e. The summed E-state index contributed by atoms with van der Waals surface area (Å²) in [4.78, 5) is 0. The van der Waals surface area contributed by atoms with Crippen LogP contribution in [0.1, 0.15) is 107 Å². The number of hydrogen-bond donors (Lipinski definition) is 9. The summed E-state index contributed by atoms with van der Waals surface area (Å²) in [6.07, 6.45) is -10.7. The van der Waals surface area contributed by atoms with E-state index < -0.39 is 103 Å². The van der Waals surface area contributed by atoms with E-state index in [2.05, 4.69) is 20.8 Å². The highest BCUT2D eigenvalue weighted by Gasteiger charge is 2.70. The Kier molecular flexibility index (Phi) is 11.3. The van der Waals surface area contributed by atoms with Crippen LogP contribution in [0.25, 0.3) is 0 Å². The molecule has 7 aliphatic rings. The minimum atomic E-state index is -1.69. The van der Waals surface area contributed by atoms with Gasteiger partial charge in [-0.15, -0.1) is 0 Å². The first-order valence-electron chi connectivity index (χ1n) is 20.9. The molecule has 0 amide bonds. The molecule has 3 heterocycles. The molecule has 4 saturated carbocycles. The first-order chi connectivity index (χ1) is 25.5. The second-order valence-electron chi connectivity index (χ2n) is 20.6. The summed E-state index contributed by atoms with van der Waals surface area (Å²) in [5, 5.41) is 99.1. The van der Waals surface area contributed by atoms with Crippen molar-refractivity contribution in [3.8, 4) is 0 Å². The van der Waals surface area contributed by atoms with Gasteiger partial charge in [0.25, 0.3) is 0 Å². The third-order valence-electron chi connectivity index (χ3n) is 16.6. The van der Waals surface area contributed by atoms with Crippen LogP contribution in [0.5, 0.6) is 0 Å². The Morgan fingerprint density at radius 2 is 1.35 bits per heavy atom. The van der Waals surface area contributed by atoms with E-state index >= 15 is 0 Å². The molecule has 7 fully saturated rings. The van der Waals surface area contributed by atoms with E-state index in [4.69, 9.17) is 23.7 Å². The average Bonchev–Trinajstić information content (AvgIpc) is 3.70. The van der Waals surface area contributed by atoms with Gasteiger partial charge in [0.15, 0.2) is 12.6 Å². The van der Waals surface area contributed by atoms with Gasteiger partial charge in [-0.1, -0.05) is 27.7 Å².